The Morgan fingerprint density at radius 3 is 2.71 bits per heavy atom. The largest absolute Gasteiger partial charge is 0.382 e. The first-order chi connectivity index (χ1) is 8.00. The number of nitrogens with two attached hydrogens (primary N) is 2. The van der Waals surface area contributed by atoms with Crippen LogP contribution in [0.15, 0.2) is 24.4 Å². The highest BCUT2D eigenvalue weighted by atomic mass is 19.1. The standard InChI is InChI=1S/C11H11FN4O/c1-6-5-16(15-10(6)13)8-4-2-3-7(12)9(8)11(14)17/h2-5H,1H3,(H2,13,15)(H2,14,17). The predicted molar refractivity (Wildman–Crippen MR) is 61.2 cm³/mol. The van der Waals surface area contributed by atoms with E-state index >= 15 is 0 Å². The van der Waals surface area contributed by atoms with Gasteiger partial charge in [0.25, 0.3) is 5.91 Å². The van der Waals surface area contributed by atoms with E-state index in [0.717, 1.165) is 5.56 Å². The molecule has 0 fully saturated rings. The fourth-order valence-electron chi connectivity index (χ4n) is 1.54. The fraction of sp³-hybridized carbons (Fsp3) is 0.0909. The third-order valence-electron chi connectivity index (χ3n) is 2.42. The molecule has 0 aliphatic carbocycles. The molecule has 1 amide bonds. The Morgan fingerprint density at radius 1 is 1.47 bits per heavy atom. The number of primary amides is 1. The molecule has 5 nitrogen and oxygen atoms in total. The molecule has 0 radical (unpaired) electrons. The van der Waals surface area contributed by atoms with Crippen LogP contribution in [0.1, 0.15) is 15.9 Å². The Hall–Kier alpha value is -2.37. The number of benzene rings is 1. The van der Waals surface area contributed by atoms with E-state index in [2.05, 4.69) is 5.10 Å². The van der Waals surface area contributed by atoms with Crippen molar-refractivity contribution in [2.75, 3.05) is 5.73 Å². The van der Waals surface area contributed by atoms with Crippen LogP contribution >= 0.6 is 0 Å². The number of amides is 1. The molecule has 1 aromatic carbocycles. The Kier molecular flexibility index (Phi) is 2.55. The van der Waals surface area contributed by atoms with Crippen molar-refractivity contribution in [1.82, 2.24) is 9.78 Å². The van der Waals surface area contributed by atoms with Crippen LogP contribution in [0.25, 0.3) is 5.69 Å². The van der Waals surface area contributed by atoms with Crippen LogP contribution in [-0.4, -0.2) is 15.7 Å². The van der Waals surface area contributed by atoms with Crippen molar-refractivity contribution in [3.63, 3.8) is 0 Å². The minimum absolute atomic E-state index is 0.199. The molecule has 0 spiro atoms. The molecule has 0 saturated carbocycles. The van der Waals surface area contributed by atoms with E-state index in [4.69, 9.17) is 11.5 Å². The first kappa shape index (κ1) is 11.1. The van der Waals surface area contributed by atoms with Gasteiger partial charge in [-0.2, -0.15) is 5.10 Å². The van der Waals surface area contributed by atoms with Crippen LogP contribution in [0.5, 0.6) is 0 Å². The highest BCUT2D eigenvalue weighted by Crippen LogP contribution is 2.19. The number of carbonyl (C=O) groups is 1. The van der Waals surface area contributed by atoms with Crippen molar-refractivity contribution in [3.8, 4) is 5.69 Å². The smallest absolute Gasteiger partial charge is 0.253 e. The van der Waals surface area contributed by atoms with Crippen LogP contribution in [0.3, 0.4) is 0 Å². The van der Waals surface area contributed by atoms with Gasteiger partial charge in [-0.1, -0.05) is 6.07 Å². The van der Waals surface area contributed by atoms with Gasteiger partial charge in [0.15, 0.2) is 0 Å². The van der Waals surface area contributed by atoms with Crippen LogP contribution in [0.2, 0.25) is 0 Å². The maximum absolute atomic E-state index is 13.5. The molecule has 0 aliphatic rings. The van der Waals surface area contributed by atoms with E-state index in [0.29, 0.717) is 5.82 Å². The maximum atomic E-state index is 13.5. The molecule has 1 heterocycles. The summed E-state index contributed by atoms with van der Waals surface area (Å²) in [4.78, 5) is 11.2. The maximum Gasteiger partial charge on any atom is 0.253 e. The molecule has 0 atom stereocenters. The summed E-state index contributed by atoms with van der Waals surface area (Å²) in [6.07, 6.45) is 1.61. The number of carbonyl (C=O) groups excluding carboxylic acids is 1. The van der Waals surface area contributed by atoms with Gasteiger partial charge in [0, 0.05) is 11.8 Å². The molecule has 1 aromatic heterocycles. The number of nitrogens with zero attached hydrogens (tertiary/aromatic N) is 2. The summed E-state index contributed by atoms with van der Waals surface area (Å²) in [6.45, 7) is 1.77. The summed E-state index contributed by atoms with van der Waals surface area (Å²) < 4.78 is 14.9. The van der Waals surface area contributed by atoms with Gasteiger partial charge in [-0.3, -0.25) is 4.79 Å². The molecule has 6 heteroatoms. The molecular formula is C11H11FN4O. The second-order valence-corrected chi connectivity index (χ2v) is 3.64. The van der Waals surface area contributed by atoms with Crippen molar-refractivity contribution in [2.24, 2.45) is 5.73 Å². The molecular weight excluding hydrogens is 223 g/mol. The number of hydrogen-bond acceptors (Lipinski definition) is 3. The third kappa shape index (κ3) is 1.84. The van der Waals surface area contributed by atoms with Crippen LogP contribution < -0.4 is 11.5 Å². The number of aryl methyl sites for hydroxylation is 1. The summed E-state index contributed by atoms with van der Waals surface area (Å²) in [5.41, 5.74) is 11.6. The van der Waals surface area contributed by atoms with E-state index in [1.165, 1.54) is 16.8 Å². The van der Waals surface area contributed by atoms with Crippen molar-refractivity contribution >= 4 is 11.7 Å². The number of anilines is 1. The predicted octanol–water partition coefficient (Wildman–Crippen LogP) is 1.00. The molecule has 4 N–H and O–H groups in total. The lowest BCUT2D eigenvalue weighted by Gasteiger charge is -2.07. The average molecular weight is 234 g/mol. The first-order valence-corrected chi connectivity index (χ1v) is 4.91. The van der Waals surface area contributed by atoms with Crippen molar-refractivity contribution in [1.29, 1.82) is 0 Å². The Labute approximate surface area is 96.8 Å². The van der Waals surface area contributed by atoms with Crippen molar-refractivity contribution in [3.05, 3.63) is 41.3 Å². The van der Waals surface area contributed by atoms with Crippen LogP contribution in [-0.2, 0) is 0 Å². The lowest BCUT2D eigenvalue weighted by Crippen LogP contribution is -2.17. The molecule has 2 aromatic rings. The molecule has 0 aliphatic heterocycles. The number of halogens is 1. The Bertz CT molecular complexity index is 572. The van der Waals surface area contributed by atoms with Gasteiger partial charge in [-0.05, 0) is 19.1 Å². The summed E-state index contributed by atoms with van der Waals surface area (Å²) in [5, 5.41) is 3.98. The second-order valence-electron chi connectivity index (χ2n) is 3.64. The molecule has 17 heavy (non-hydrogen) atoms. The number of hydrogen-bond donors (Lipinski definition) is 2. The van der Waals surface area contributed by atoms with E-state index in [1.54, 1.807) is 19.2 Å². The van der Waals surface area contributed by atoms with Crippen molar-refractivity contribution < 1.29 is 9.18 Å². The van der Waals surface area contributed by atoms with Gasteiger partial charge in [0.2, 0.25) is 0 Å². The minimum Gasteiger partial charge on any atom is -0.382 e. The van der Waals surface area contributed by atoms with Gasteiger partial charge in [-0.25, -0.2) is 9.07 Å². The molecule has 0 bridgehead atoms. The normalized spacial score (nSPS) is 10.5. The van der Waals surface area contributed by atoms with Gasteiger partial charge >= 0.3 is 0 Å². The highest BCUT2D eigenvalue weighted by Gasteiger charge is 2.16. The molecule has 0 unspecified atom stereocenters. The highest BCUT2D eigenvalue weighted by molar-refractivity contribution is 5.96. The lowest BCUT2D eigenvalue weighted by molar-refractivity contribution is 0.0996. The lowest BCUT2D eigenvalue weighted by atomic mass is 10.1. The quantitative estimate of drug-likeness (QED) is 0.812. The molecule has 2 rings (SSSR count). The Morgan fingerprint density at radius 2 is 2.18 bits per heavy atom. The van der Waals surface area contributed by atoms with Gasteiger partial charge in [-0.15, -0.1) is 0 Å². The fourth-order valence-corrected chi connectivity index (χ4v) is 1.54. The Balaban J connectivity index is 2.67. The summed E-state index contributed by atoms with van der Waals surface area (Å²) >= 11 is 0. The van der Waals surface area contributed by atoms with Gasteiger partial charge < -0.3 is 11.5 Å². The van der Waals surface area contributed by atoms with Gasteiger partial charge in [0.05, 0.1) is 5.69 Å². The molecule has 0 saturated heterocycles. The number of aromatic nitrogens is 2. The van der Waals surface area contributed by atoms with Crippen LogP contribution in [0, 0.1) is 12.7 Å². The SMILES string of the molecule is Cc1cn(-c2cccc(F)c2C(N)=O)nc1N. The van der Waals surface area contributed by atoms with E-state index in [9.17, 15) is 9.18 Å². The summed E-state index contributed by atoms with van der Waals surface area (Å²) in [7, 11) is 0. The van der Waals surface area contributed by atoms with E-state index < -0.39 is 11.7 Å². The topological polar surface area (TPSA) is 86.9 Å². The van der Waals surface area contributed by atoms with Gasteiger partial charge in [0.1, 0.15) is 17.2 Å². The zero-order valence-corrected chi connectivity index (χ0v) is 9.14. The first-order valence-electron chi connectivity index (χ1n) is 4.91. The summed E-state index contributed by atoms with van der Waals surface area (Å²) in [5.74, 6) is -1.20. The zero-order valence-electron chi connectivity index (χ0n) is 9.14. The van der Waals surface area contributed by atoms with Crippen LogP contribution in [0.4, 0.5) is 10.2 Å². The van der Waals surface area contributed by atoms with E-state index in [-0.39, 0.29) is 11.3 Å². The zero-order chi connectivity index (χ0) is 12.6. The molecule has 88 valence electrons. The monoisotopic (exact) mass is 234 g/mol. The van der Waals surface area contributed by atoms with Crippen molar-refractivity contribution in [2.45, 2.75) is 6.92 Å². The second kappa shape index (κ2) is 3.89. The average Bonchev–Trinajstić information content (AvgIpc) is 2.58. The number of nitrogen functional groups attached to an aromatic ring is 1. The minimum atomic E-state index is -0.843. The number of rotatable bonds is 2. The summed E-state index contributed by atoms with van der Waals surface area (Å²) in [6, 6.07) is 4.20. The van der Waals surface area contributed by atoms with E-state index in [1.807, 2.05) is 0 Å². The third-order valence-corrected chi connectivity index (χ3v) is 2.42.